The Morgan fingerprint density at radius 2 is 1.85 bits per heavy atom. The summed E-state index contributed by atoms with van der Waals surface area (Å²) in [5, 5.41) is 4.85. The van der Waals surface area contributed by atoms with E-state index in [0.717, 1.165) is 11.4 Å². The highest BCUT2D eigenvalue weighted by molar-refractivity contribution is 7.13. The number of thiophene rings is 1. The van der Waals surface area contributed by atoms with Gasteiger partial charge < -0.3 is 5.32 Å². The van der Waals surface area contributed by atoms with Gasteiger partial charge in [0.1, 0.15) is 5.82 Å². The number of carbonyl (C=O) groups is 1. The first-order valence-electron chi connectivity index (χ1n) is 7.98. The van der Waals surface area contributed by atoms with Crippen LogP contribution in [-0.2, 0) is 0 Å². The first-order chi connectivity index (χ1) is 12.7. The van der Waals surface area contributed by atoms with Gasteiger partial charge in [-0.25, -0.2) is 15.0 Å². The lowest BCUT2D eigenvalue weighted by molar-refractivity contribution is 0.102. The van der Waals surface area contributed by atoms with Crippen molar-refractivity contribution in [2.75, 3.05) is 5.32 Å². The molecule has 0 fully saturated rings. The maximum atomic E-state index is 12.4. The third-order valence-corrected chi connectivity index (χ3v) is 4.81. The Hall–Kier alpha value is -3.32. The van der Waals surface area contributed by atoms with Crippen LogP contribution in [0, 0.1) is 6.92 Å². The molecule has 0 atom stereocenters. The van der Waals surface area contributed by atoms with Gasteiger partial charge in [0.25, 0.3) is 5.91 Å². The Morgan fingerprint density at radius 1 is 1.08 bits per heavy atom. The molecule has 0 radical (unpaired) electrons. The van der Waals surface area contributed by atoms with Crippen LogP contribution in [-0.4, -0.2) is 25.4 Å². The van der Waals surface area contributed by atoms with Gasteiger partial charge in [-0.15, -0.1) is 11.3 Å². The highest BCUT2D eigenvalue weighted by Crippen LogP contribution is 2.24. The fraction of sp³-hybridized carbons (Fsp3) is 0.0526. The zero-order chi connectivity index (χ0) is 17.9. The Kier molecular flexibility index (Phi) is 4.28. The van der Waals surface area contributed by atoms with Gasteiger partial charge in [-0.3, -0.25) is 9.36 Å². The van der Waals surface area contributed by atoms with Crippen molar-refractivity contribution in [2.24, 2.45) is 0 Å². The molecular weight excluding hydrogens is 346 g/mol. The fourth-order valence-electron chi connectivity index (χ4n) is 2.53. The van der Waals surface area contributed by atoms with Crippen molar-refractivity contribution >= 4 is 22.9 Å². The monoisotopic (exact) mass is 361 g/mol. The number of rotatable bonds is 4. The van der Waals surface area contributed by atoms with Crippen LogP contribution < -0.4 is 5.32 Å². The van der Waals surface area contributed by atoms with E-state index in [1.165, 1.54) is 4.88 Å². The Morgan fingerprint density at radius 3 is 2.46 bits per heavy atom. The summed E-state index contributed by atoms with van der Waals surface area (Å²) in [6.07, 6.45) is 6.64. The zero-order valence-electron chi connectivity index (χ0n) is 14.0. The number of aryl methyl sites for hydroxylation is 1. The number of imidazole rings is 1. The van der Waals surface area contributed by atoms with Gasteiger partial charge in [0.2, 0.25) is 5.95 Å². The topological polar surface area (TPSA) is 72.7 Å². The first-order valence-corrected chi connectivity index (χ1v) is 8.86. The predicted molar refractivity (Wildman–Crippen MR) is 102 cm³/mol. The van der Waals surface area contributed by atoms with Gasteiger partial charge in [-0.1, -0.05) is 18.2 Å². The molecule has 0 saturated heterocycles. The molecule has 0 unspecified atom stereocenters. The average Bonchev–Trinajstić information content (AvgIpc) is 3.34. The Labute approximate surface area is 154 Å². The SMILES string of the molecule is Cc1nccn1-c1ncc(NC(=O)c2ccc(-c3cccs3)cc2)cn1. The normalized spacial score (nSPS) is 10.7. The molecule has 0 bridgehead atoms. The van der Waals surface area contributed by atoms with Crippen molar-refractivity contribution in [2.45, 2.75) is 6.92 Å². The molecule has 26 heavy (non-hydrogen) atoms. The number of anilines is 1. The summed E-state index contributed by atoms with van der Waals surface area (Å²) in [6, 6.07) is 11.6. The summed E-state index contributed by atoms with van der Waals surface area (Å²) in [5.41, 5.74) is 2.22. The van der Waals surface area contributed by atoms with Gasteiger partial charge in [0.05, 0.1) is 18.1 Å². The molecule has 0 aliphatic rings. The standard InChI is InChI=1S/C19H15N5OS/c1-13-20-8-9-24(13)19-21-11-16(12-22-19)23-18(25)15-6-4-14(5-7-15)17-3-2-10-26-17/h2-12H,1H3,(H,23,25). The Balaban J connectivity index is 1.47. The fourth-order valence-corrected chi connectivity index (χ4v) is 3.26. The second kappa shape index (κ2) is 6.89. The van der Waals surface area contributed by atoms with Crippen LogP contribution in [0.3, 0.4) is 0 Å². The average molecular weight is 361 g/mol. The van der Waals surface area contributed by atoms with E-state index in [1.54, 1.807) is 40.7 Å². The molecular formula is C19H15N5OS. The maximum Gasteiger partial charge on any atom is 0.255 e. The lowest BCUT2D eigenvalue weighted by atomic mass is 10.1. The van der Waals surface area contributed by atoms with E-state index < -0.39 is 0 Å². The van der Waals surface area contributed by atoms with Crippen molar-refractivity contribution < 1.29 is 4.79 Å². The molecule has 4 rings (SSSR count). The van der Waals surface area contributed by atoms with E-state index in [9.17, 15) is 4.79 Å². The van der Waals surface area contributed by atoms with Crippen LogP contribution in [0.5, 0.6) is 0 Å². The van der Waals surface area contributed by atoms with Gasteiger partial charge >= 0.3 is 0 Å². The largest absolute Gasteiger partial charge is 0.319 e. The van der Waals surface area contributed by atoms with Gasteiger partial charge in [-0.05, 0) is 36.1 Å². The molecule has 0 aliphatic heterocycles. The molecule has 6 nitrogen and oxygen atoms in total. The summed E-state index contributed by atoms with van der Waals surface area (Å²) in [5.74, 6) is 1.11. The lowest BCUT2D eigenvalue weighted by Crippen LogP contribution is -2.13. The minimum absolute atomic E-state index is 0.196. The number of nitrogens with one attached hydrogen (secondary N) is 1. The van der Waals surface area contributed by atoms with E-state index in [1.807, 2.05) is 42.6 Å². The minimum Gasteiger partial charge on any atom is -0.319 e. The summed E-state index contributed by atoms with van der Waals surface area (Å²) >= 11 is 1.67. The van der Waals surface area contributed by atoms with Crippen molar-refractivity contribution in [1.29, 1.82) is 0 Å². The van der Waals surface area contributed by atoms with Crippen LogP contribution >= 0.6 is 11.3 Å². The number of amides is 1. The van der Waals surface area contributed by atoms with Crippen LogP contribution in [0.25, 0.3) is 16.4 Å². The Bertz CT molecular complexity index is 1020. The second-order valence-electron chi connectivity index (χ2n) is 5.62. The van der Waals surface area contributed by atoms with Crippen molar-refractivity contribution in [1.82, 2.24) is 19.5 Å². The molecule has 1 aromatic carbocycles. The molecule has 0 saturated carbocycles. The molecule has 4 aromatic rings. The zero-order valence-corrected chi connectivity index (χ0v) is 14.8. The number of hydrogen-bond acceptors (Lipinski definition) is 5. The lowest BCUT2D eigenvalue weighted by Gasteiger charge is -2.07. The molecule has 7 heteroatoms. The van der Waals surface area contributed by atoms with E-state index in [0.29, 0.717) is 17.2 Å². The van der Waals surface area contributed by atoms with Crippen molar-refractivity contribution in [3.8, 4) is 16.4 Å². The van der Waals surface area contributed by atoms with E-state index in [2.05, 4.69) is 26.3 Å². The minimum atomic E-state index is -0.196. The van der Waals surface area contributed by atoms with Crippen LogP contribution in [0.2, 0.25) is 0 Å². The summed E-state index contributed by atoms with van der Waals surface area (Å²) in [6.45, 7) is 1.87. The smallest absolute Gasteiger partial charge is 0.255 e. The summed E-state index contributed by atoms with van der Waals surface area (Å²) < 4.78 is 1.77. The molecule has 0 spiro atoms. The predicted octanol–water partition coefficient (Wildman–Crippen LogP) is 3.95. The highest BCUT2D eigenvalue weighted by Gasteiger charge is 2.09. The number of nitrogens with zero attached hydrogens (tertiary/aromatic N) is 4. The maximum absolute atomic E-state index is 12.4. The number of carbonyl (C=O) groups excluding carboxylic acids is 1. The number of benzene rings is 1. The van der Waals surface area contributed by atoms with Gasteiger partial charge in [0.15, 0.2) is 0 Å². The van der Waals surface area contributed by atoms with E-state index in [4.69, 9.17) is 0 Å². The van der Waals surface area contributed by atoms with Crippen LogP contribution in [0.1, 0.15) is 16.2 Å². The summed E-state index contributed by atoms with van der Waals surface area (Å²) in [7, 11) is 0. The third-order valence-electron chi connectivity index (χ3n) is 3.89. The molecule has 1 N–H and O–H groups in total. The van der Waals surface area contributed by atoms with E-state index in [-0.39, 0.29) is 5.91 Å². The number of hydrogen-bond donors (Lipinski definition) is 1. The van der Waals surface area contributed by atoms with Gasteiger partial charge in [-0.2, -0.15) is 0 Å². The van der Waals surface area contributed by atoms with Gasteiger partial charge in [0, 0.05) is 22.8 Å². The van der Waals surface area contributed by atoms with Crippen LogP contribution in [0.15, 0.2) is 66.6 Å². The second-order valence-corrected chi connectivity index (χ2v) is 6.57. The first kappa shape index (κ1) is 16.2. The third kappa shape index (κ3) is 3.25. The quantitative estimate of drug-likeness (QED) is 0.597. The highest BCUT2D eigenvalue weighted by atomic mass is 32.1. The molecule has 3 heterocycles. The number of aromatic nitrogens is 4. The molecule has 1 amide bonds. The van der Waals surface area contributed by atoms with Crippen molar-refractivity contribution in [3.05, 3.63) is 78.0 Å². The van der Waals surface area contributed by atoms with Crippen molar-refractivity contribution in [3.63, 3.8) is 0 Å². The van der Waals surface area contributed by atoms with E-state index >= 15 is 0 Å². The molecule has 3 aromatic heterocycles. The van der Waals surface area contributed by atoms with Crippen LogP contribution in [0.4, 0.5) is 5.69 Å². The molecule has 128 valence electrons. The summed E-state index contributed by atoms with van der Waals surface area (Å²) in [4.78, 5) is 26.3. The molecule has 0 aliphatic carbocycles.